The molecule has 2 N–H and O–H groups in total. The number of carbonyl (C=O) groups excluding carboxylic acids is 1. The summed E-state index contributed by atoms with van der Waals surface area (Å²) in [6.07, 6.45) is 52.2. The predicted octanol–water partition coefficient (Wildman–Crippen LogP) is 14.8. The summed E-state index contributed by atoms with van der Waals surface area (Å²) in [6.45, 7) is 4.75. The van der Waals surface area contributed by atoms with Crippen molar-refractivity contribution < 1.29 is 32.9 Å². The zero-order chi connectivity index (χ0) is 45.0. The molecule has 0 spiro atoms. The molecule has 0 aliphatic rings. The molecule has 0 aliphatic carbocycles. The van der Waals surface area contributed by atoms with E-state index in [4.69, 9.17) is 9.05 Å². The quantitative estimate of drug-likeness (QED) is 0.0273. The van der Waals surface area contributed by atoms with Gasteiger partial charge < -0.3 is 28.8 Å². The van der Waals surface area contributed by atoms with Gasteiger partial charge in [0.15, 0.2) is 0 Å². The summed E-state index contributed by atoms with van der Waals surface area (Å²) in [5, 5.41) is 14.0. The molecule has 0 aromatic rings. The first-order valence-corrected chi connectivity index (χ1v) is 28.0. The molecular weight excluding hydrogens is 780 g/mol. The number of rotatable bonds is 49. The Morgan fingerprint density at radius 1 is 0.557 bits per heavy atom. The van der Waals surface area contributed by atoms with Gasteiger partial charge in [-0.3, -0.25) is 9.36 Å². The number of aliphatic hydroxyl groups excluding tert-OH is 1. The number of likely N-dealkylation sites (N-methyl/N-ethyl adjacent to an activating group) is 1. The SMILES string of the molecule is CCCCCCCCCC/C=C\CCCCCCCCCCCC(=O)NC(COP(=O)([O-])OCC[N+](C)(C)C)C(O)CCCCCCCCCCCCCCCCCCCC. The molecule has 0 bridgehead atoms. The average molecular weight is 885 g/mol. The van der Waals surface area contributed by atoms with Crippen molar-refractivity contribution in [1.29, 1.82) is 0 Å². The highest BCUT2D eigenvalue weighted by Gasteiger charge is 2.24. The summed E-state index contributed by atoms with van der Waals surface area (Å²) in [6, 6.07) is -0.798. The molecular formula is C52H105N2O6P. The Hall–Kier alpha value is -0.760. The van der Waals surface area contributed by atoms with Crippen LogP contribution in [0.2, 0.25) is 0 Å². The smallest absolute Gasteiger partial charge is 0.268 e. The standard InChI is InChI=1S/C52H105N2O6P/c1-6-8-10-12-14-16-18-20-22-24-26-27-28-30-32-34-36-38-40-42-44-46-52(56)53-50(49-60-61(57,58)59-48-47-54(3,4)5)51(55)45-43-41-39-37-35-33-31-29-25-23-21-19-17-15-13-11-9-7-2/h24,26,50-51,55H,6-23,25,27-49H2,1-5H3,(H-,53,56,57,58)/b26-24-. The second-order valence-electron chi connectivity index (χ2n) is 19.6. The summed E-state index contributed by atoms with van der Waals surface area (Å²) in [7, 11) is 1.31. The lowest BCUT2D eigenvalue weighted by molar-refractivity contribution is -0.870. The summed E-state index contributed by atoms with van der Waals surface area (Å²) in [5.74, 6) is -0.163. The molecule has 0 heterocycles. The van der Waals surface area contributed by atoms with E-state index in [9.17, 15) is 19.4 Å². The number of nitrogens with one attached hydrogen (secondary N) is 1. The van der Waals surface area contributed by atoms with Gasteiger partial charge in [-0.1, -0.05) is 231 Å². The number of amides is 1. The fourth-order valence-corrected chi connectivity index (χ4v) is 8.76. The number of hydrogen-bond donors (Lipinski definition) is 2. The van der Waals surface area contributed by atoms with E-state index in [1.807, 2.05) is 21.1 Å². The maximum Gasteiger partial charge on any atom is 0.268 e. The van der Waals surface area contributed by atoms with Crippen molar-refractivity contribution in [3.63, 3.8) is 0 Å². The van der Waals surface area contributed by atoms with Gasteiger partial charge in [-0.2, -0.15) is 0 Å². The second-order valence-corrected chi connectivity index (χ2v) is 21.0. The van der Waals surface area contributed by atoms with Crippen LogP contribution in [0.4, 0.5) is 0 Å². The third-order valence-corrected chi connectivity index (χ3v) is 13.2. The lowest BCUT2D eigenvalue weighted by atomic mass is 10.0. The van der Waals surface area contributed by atoms with Crippen molar-refractivity contribution in [1.82, 2.24) is 5.32 Å². The molecule has 0 rings (SSSR count). The van der Waals surface area contributed by atoms with Crippen molar-refractivity contribution in [2.75, 3.05) is 40.9 Å². The number of carbonyl (C=O) groups is 1. The molecule has 0 saturated heterocycles. The van der Waals surface area contributed by atoms with Gasteiger partial charge in [0, 0.05) is 6.42 Å². The summed E-state index contributed by atoms with van der Waals surface area (Å²) in [5.41, 5.74) is 0. The van der Waals surface area contributed by atoms with E-state index in [0.717, 1.165) is 38.5 Å². The van der Waals surface area contributed by atoms with E-state index in [1.54, 1.807) is 0 Å². The molecule has 0 saturated carbocycles. The Bertz CT molecular complexity index is 1000. The van der Waals surface area contributed by atoms with Gasteiger partial charge in [-0.25, -0.2) is 0 Å². The van der Waals surface area contributed by atoms with Crippen LogP contribution < -0.4 is 10.2 Å². The van der Waals surface area contributed by atoms with Gasteiger partial charge >= 0.3 is 0 Å². The molecule has 8 nitrogen and oxygen atoms in total. The van der Waals surface area contributed by atoms with Crippen LogP contribution in [-0.2, 0) is 18.4 Å². The van der Waals surface area contributed by atoms with Gasteiger partial charge in [0.05, 0.1) is 39.9 Å². The molecule has 0 aromatic heterocycles. The summed E-state index contributed by atoms with van der Waals surface area (Å²) >= 11 is 0. The van der Waals surface area contributed by atoms with Gasteiger partial charge in [-0.15, -0.1) is 0 Å². The number of nitrogens with zero attached hydrogens (tertiary/aromatic N) is 1. The highest BCUT2D eigenvalue weighted by atomic mass is 31.2. The highest BCUT2D eigenvalue weighted by Crippen LogP contribution is 2.38. The van der Waals surface area contributed by atoms with Crippen molar-refractivity contribution in [2.24, 2.45) is 0 Å². The van der Waals surface area contributed by atoms with E-state index < -0.39 is 20.0 Å². The minimum atomic E-state index is -4.57. The molecule has 61 heavy (non-hydrogen) atoms. The molecule has 3 atom stereocenters. The molecule has 0 fully saturated rings. The maximum atomic E-state index is 12.9. The van der Waals surface area contributed by atoms with Gasteiger partial charge in [0.2, 0.25) is 5.91 Å². The van der Waals surface area contributed by atoms with Crippen LogP contribution in [0.3, 0.4) is 0 Å². The van der Waals surface area contributed by atoms with Gasteiger partial charge in [0.1, 0.15) is 13.2 Å². The van der Waals surface area contributed by atoms with E-state index in [1.165, 1.54) is 199 Å². The van der Waals surface area contributed by atoms with Crippen molar-refractivity contribution in [2.45, 2.75) is 276 Å². The Balaban J connectivity index is 4.22. The van der Waals surface area contributed by atoms with Gasteiger partial charge in [-0.05, 0) is 38.5 Å². The first-order chi connectivity index (χ1) is 29.5. The fraction of sp³-hybridized carbons (Fsp3) is 0.942. The number of aliphatic hydroxyl groups is 1. The number of phosphoric ester groups is 1. The van der Waals surface area contributed by atoms with Crippen molar-refractivity contribution in [3.8, 4) is 0 Å². The number of quaternary nitrogens is 1. The zero-order valence-electron chi connectivity index (χ0n) is 41.4. The molecule has 364 valence electrons. The number of phosphoric acid groups is 1. The number of allylic oxidation sites excluding steroid dienone is 2. The lowest BCUT2D eigenvalue weighted by Crippen LogP contribution is -2.46. The Labute approximate surface area is 380 Å². The molecule has 9 heteroatoms. The number of unbranched alkanes of at least 4 members (excludes halogenated alkanes) is 34. The summed E-state index contributed by atoms with van der Waals surface area (Å²) < 4.78 is 23.4. The molecule has 0 radical (unpaired) electrons. The van der Waals surface area contributed by atoms with Crippen LogP contribution >= 0.6 is 7.82 Å². The Morgan fingerprint density at radius 2 is 0.902 bits per heavy atom. The maximum absolute atomic E-state index is 12.9. The van der Waals surface area contributed by atoms with Crippen LogP contribution in [0.15, 0.2) is 12.2 Å². The number of hydrogen-bond acceptors (Lipinski definition) is 6. The first-order valence-electron chi connectivity index (χ1n) is 26.5. The Kier molecular flexibility index (Phi) is 43.9. The van der Waals surface area contributed by atoms with Crippen LogP contribution in [0.25, 0.3) is 0 Å². The van der Waals surface area contributed by atoms with Crippen molar-refractivity contribution >= 4 is 13.7 Å². The molecule has 0 aromatic carbocycles. The van der Waals surface area contributed by atoms with E-state index in [0.29, 0.717) is 23.9 Å². The summed E-state index contributed by atoms with van der Waals surface area (Å²) in [4.78, 5) is 25.5. The minimum Gasteiger partial charge on any atom is -0.756 e. The average Bonchev–Trinajstić information content (AvgIpc) is 3.21. The van der Waals surface area contributed by atoms with E-state index in [2.05, 4.69) is 31.3 Å². The monoisotopic (exact) mass is 885 g/mol. The van der Waals surface area contributed by atoms with Crippen molar-refractivity contribution in [3.05, 3.63) is 12.2 Å². The topological polar surface area (TPSA) is 108 Å². The minimum absolute atomic E-state index is 0.0141. The fourth-order valence-electron chi connectivity index (χ4n) is 8.04. The largest absolute Gasteiger partial charge is 0.756 e. The molecule has 0 aliphatic heterocycles. The van der Waals surface area contributed by atoms with Crippen LogP contribution in [0.5, 0.6) is 0 Å². The lowest BCUT2D eigenvalue weighted by Gasteiger charge is -2.30. The third-order valence-electron chi connectivity index (χ3n) is 12.3. The third kappa shape index (κ3) is 47.0. The molecule has 1 amide bonds. The van der Waals surface area contributed by atoms with E-state index >= 15 is 0 Å². The first kappa shape index (κ1) is 60.2. The van der Waals surface area contributed by atoms with Gasteiger partial charge in [0.25, 0.3) is 7.82 Å². The normalized spacial score (nSPS) is 14.1. The van der Waals surface area contributed by atoms with E-state index in [-0.39, 0.29) is 19.1 Å². The highest BCUT2D eigenvalue weighted by molar-refractivity contribution is 7.45. The van der Waals surface area contributed by atoms with Crippen LogP contribution in [0, 0.1) is 0 Å². The van der Waals surface area contributed by atoms with Crippen LogP contribution in [-0.4, -0.2) is 68.5 Å². The predicted molar refractivity (Wildman–Crippen MR) is 261 cm³/mol. The molecule has 3 unspecified atom stereocenters. The van der Waals surface area contributed by atoms with Crippen LogP contribution in [0.1, 0.15) is 264 Å². The Morgan fingerprint density at radius 3 is 1.28 bits per heavy atom. The zero-order valence-corrected chi connectivity index (χ0v) is 42.3. The second kappa shape index (κ2) is 44.4.